The molecule has 1 unspecified atom stereocenters. The predicted molar refractivity (Wildman–Crippen MR) is 106 cm³/mol. The summed E-state index contributed by atoms with van der Waals surface area (Å²) in [4.78, 5) is 25.0. The van der Waals surface area contributed by atoms with Crippen LogP contribution in [-0.4, -0.2) is 23.5 Å². The second-order valence-electron chi connectivity index (χ2n) is 8.45. The molecule has 0 aromatic heterocycles. The Hall–Kier alpha value is -2.36. The molecule has 0 bridgehead atoms. The minimum atomic E-state index is -0.811. The highest BCUT2D eigenvalue weighted by Crippen LogP contribution is 2.22. The summed E-state index contributed by atoms with van der Waals surface area (Å²) in [6.07, 6.45) is 1.83. The fraction of sp³-hybridized carbons (Fsp3) is 0.455. The standard InChI is InChI=1S/C22H31NO3/c1-9-15(2)14-18(20(25)26-22(6,7)8)23-19(24)16-10-12-17(13-11-16)21(3,4)5/h9-13,18H,1-2,14H2,3-8H3,(H,23,24). The Morgan fingerprint density at radius 2 is 1.65 bits per heavy atom. The fourth-order valence-corrected chi connectivity index (χ4v) is 2.27. The molecule has 0 aliphatic rings. The maximum absolute atomic E-state index is 12.6. The van der Waals surface area contributed by atoms with E-state index in [4.69, 9.17) is 4.74 Å². The first-order chi connectivity index (χ1) is 11.8. The van der Waals surface area contributed by atoms with Gasteiger partial charge in [-0.3, -0.25) is 4.79 Å². The molecular formula is C22H31NO3. The number of esters is 1. The van der Waals surface area contributed by atoms with Crippen LogP contribution in [0.25, 0.3) is 0 Å². The lowest BCUT2D eigenvalue weighted by Crippen LogP contribution is -2.44. The quantitative estimate of drug-likeness (QED) is 0.600. The topological polar surface area (TPSA) is 55.4 Å². The smallest absolute Gasteiger partial charge is 0.329 e. The Balaban J connectivity index is 2.95. The Kier molecular flexibility index (Phi) is 6.96. The van der Waals surface area contributed by atoms with Crippen LogP contribution in [0.2, 0.25) is 0 Å². The van der Waals surface area contributed by atoms with Crippen molar-refractivity contribution in [3.8, 4) is 0 Å². The summed E-state index contributed by atoms with van der Waals surface area (Å²) < 4.78 is 5.42. The van der Waals surface area contributed by atoms with E-state index in [-0.39, 0.29) is 17.7 Å². The number of ether oxygens (including phenoxy) is 1. The summed E-state index contributed by atoms with van der Waals surface area (Å²) in [5.74, 6) is -0.807. The minimum absolute atomic E-state index is 0.00968. The monoisotopic (exact) mass is 357 g/mol. The van der Waals surface area contributed by atoms with Gasteiger partial charge in [-0.15, -0.1) is 0 Å². The number of carbonyl (C=O) groups is 2. The molecule has 1 aromatic carbocycles. The molecule has 142 valence electrons. The first-order valence-corrected chi connectivity index (χ1v) is 8.78. The van der Waals surface area contributed by atoms with Gasteiger partial charge in [-0.2, -0.15) is 0 Å². The summed E-state index contributed by atoms with van der Waals surface area (Å²) >= 11 is 0. The van der Waals surface area contributed by atoms with Crippen LogP contribution in [0.4, 0.5) is 0 Å². The first-order valence-electron chi connectivity index (χ1n) is 8.78. The van der Waals surface area contributed by atoms with Crippen molar-refractivity contribution in [1.29, 1.82) is 0 Å². The van der Waals surface area contributed by atoms with E-state index in [1.165, 1.54) is 0 Å². The lowest BCUT2D eigenvalue weighted by atomic mass is 9.86. The molecule has 1 N–H and O–H groups in total. The van der Waals surface area contributed by atoms with Crippen molar-refractivity contribution in [3.63, 3.8) is 0 Å². The first kappa shape index (κ1) is 21.7. The molecule has 1 aromatic rings. The zero-order valence-corrected chi connectivity index (χ0v) is 16.8. The number of hydrogen-bond acceptors (Lipinski definition) is 3. The largest absolute Gasteiger partial charge is 0.458 e. The average molecular weight is 357 g/mol. The Bertz CT molecular complexity index is 673. The van der Waals surface area contributed by atoms with Gasteiger partial charge in [0.2, 0.25) is 0 Å². The Morgan fingerprint density at radius 1 is 1.12 bits per heavy atom. The van der Waals surface area contributed by atoms with Gasteiger partial charge in [-0.05, 0) is 43.9 Å². The normalized spacial score (nSPS) is 12.8. The molecule has 1 rings (SSSR count). The van der Waals surface area contributed by atoms with Crippen LogP contribution in [0.15, 0.2) is 49.1 Å². The summed E-state index contributed by atoms with van der Waals surface area (Å²) in [6.45, 7) is 19.2. The van der Waals surface area contributed by atoms with Gasteiger partial charge in [0.15, 0.2) is 0 Å². The van der Waals surface area contributed by atoms with Gasteiger partial charge in [0.05, 0.1) is 0 Å². The fourth-order valence-electron chi connectivity index (χ4n) is 2.27. The van der Waals surface area contributed by atoms with Gasteiger partial charge in [0.25, 0.3) is 5.91 Å². The molecule has 0 fully saturated rings. The summed E-state index contributed by atoms with van der Waals surface area (Å²) in [5, 5.41) is 2.76. The second kappa shape index (κ2) is 8.35. The highest BCUT2D eigenvalue weighted by Gasteiger charge is 2.27. The molecule has 26 heavy (non-hydrogen) atoms. The third kappa shape index (κ3) is 6.87. The molecule has 0 aliphatic carbocycles. The highest BCUT2D eigenvalue weighted by atomic mass is 16.6. The van der Waals surface area contributed by atoms with Crippen molar-refractivity contribution >= 4 is 11.9 Å². The number of hydrogen-bond donors (Lipinski definition) is 1. The Labute approximate surface area is 157 Å². The number of carbonyl (C=O) groups excluding carboxylic acids is 2. The average Bonchev–Trinajstić information content (AvgIpc) is 2.51. The van der Waals surface area contributed by atoms with E-state index in [0.717, 1.165) is 5.56 Å². The predicted octanol–water partition coefficient (Wildman–Crippen LogP) is 4.56. The molecular weight excluding hydrogens is 326 g/mol. The van der Waals surface area contributed by atoms with Crippen molar-refractivity contribution in [2.24, 2.45) is 0 Å². The zero-order valence-electron chi connectivity index (χ0n) is 16.8. The molecule has 0 saturated heterocycles. The van der Waals surface area contributed by atoms with E-state index in [1.54, 1.807) is 39.0 Å². The highest BCUT2D eigenvalue weighted by molar-refractivity contribution is 5.97. The van der Waals surface area contributed by atoms with Crippen molar-refractivity contribution in [3.05, 3.63) is 60.2 Å². The van der Waals surface area contributed by atoms with E-state index in [2.05, 4.69) is 39.2 Å². The second-order valence-corrected chi connectivity index (χ2v) is 8.45. The molecule has 4 nitrogen and oxygen atoms in total. The summed E-state index contributed by atoms with van der Waals surface area (Å²) in [6, 6.07) is 6.59. The molecule has 0 aliphatic heterocycles. The van der Waals surface area contributed by atoms with Gasteiger partial charge in [-0.1, -0.05) is 57.7 Å². The van der Waals surface area contributed by atoms with Gasteiger partial charge >= 0.3 is 5.97 Å². The van der Waals surface area contributed by atoms with Crippen LogP contribution in [-0.2, 0) is 14.9 Å². The lowest BCUT2D eigenvalue weighted by Gasteiger charge is -2.25. The van der Waals surface area contributed by atoms with Gasteiger partial charge in [0, 0.05) is 12.0 Å². The van der Waals surface area contributed by atoms with E-state index in [9.17, 15) is 9.59 Å². The van der Waals surface area contributed by atoms with Crippen molar-refractivity contribution in [2.45, 2.75) is 65.0 Å². The third-order valence-electron chi connectivity index (χ3n) is 3.76. The summed E-state index contributed by atoms with van der Waals surface area (Å²) in [5.41, 5.74) is 1.66. The van der Waals surface area contributed by atoms with Crippen molar-refractivity contribution < 1.29 is 14.3 Å². The van der Waals surface area contributed by atoms with Crippen molar-refractivity contribution in [2.75, 3.05) is 0 Å². The maximum atomic E-state index is 12.6. The van der Waals surface area contributed by atoms with Crippen LogP contribution in [0.3, 0.4) is 0 Å². The van der Waals surface area contributed by atoms with Crippen LogP contribution >= 0.6 is 0 Å². The van der Waals surface area contributed by atoms with Crippen LogP contribution in [0.1, 0.15) is 63.9 Å². The lowest BCUT2D eigenvalue weighted by molar-refractivity contribution is -0.157. The van der Waals surface area contributed by atoms with Gasteiger partial charge < -0.3 is 10.1 Å². The molecule has 0 radical (unpaired) electrons. The van der Waals surface area contributed by atoms with Gasteiger partial charge in [0.1, 0.15) is 11.6 Å². The van der Waals surface area contributed by atoms with Crippen LogP contribution in [0, 0.1) is 0 Å². The number of nitrogens with one attached hydrogen (secondary N) is 1. The van der Waals surface area contributed by atoms with E-state index >= 15 is 0 Å². The number of rotatable bonds is 6. The number of allylic oxidation sites excluding steroid dienone is 1. The zero-order chi connectivity index (χ0) is 20.1. The van der Waals surface area contributed by atoms with E-state index in [1.807, 2.05) is 12.1 Å². The minimum Gasteiger partial charge on any atom is -0.458 e. The Morgan fingerprint density at radius 3 is 2.08 bits per heavy atom. The molecule has 0 saturated carbocycles. The van der Waals surface area contributed by atoms with Crippen LogP contribution in [0.5, 0.6) is 0 Å². The number of benzene rings is 1. The maximum Gasteiger partial charge on any atom is 0.329 e. The van der Waals surface area contributed by atoms with E-state index in [0.29, 0.717) is 11.1 Å². The molecule has 1 atom stereocenters. The molecule has 0 heterocycles. The van der Waals surface area contributed by atoms with Crippen LogP contribution < -0.4 is 5.32 Å². The number of amides is 1. The van der Waals surface area contributed by atoms with Gasteiger partial charge in [-0.25, -0.2) is 4.79 Å². The van der Waals surface area contributed by atoms with E-state index < -0.39 is 17.6 Å². The molecule has 1 amide bonds. The van der Waals surface area contributed by atoms with Crippen molar-refractivity contribution in [1.82, 2.24) is 5.32 Å². The summed E-state index contributed by atoms with van der Waals surface area (Å²) in [7, 11) is 0. The third-order valence-corrected chi connectivity index (χ3v) is 3.76. The molecule has 4 heteroatoms. The SMILES string of the molecule is C=CC(=C)CC(NC(=O)c1ccc(C(C)(C)C)cc1)C(=O)OC(C)(C)C. The molecule has 0 spiro atoms.